The molecule has 0 amide bonds. The van der Waals surface area contributed by atoms with E-state index in [2.05, 4.69) is 52.8 Å². The maximum atomic E-state index is 13.1. The van der Waals surface area contributed by atoms with Crippen molar-refractivity contribution in [3.8, 4) is 0 Å². The van der Waals surface area contributed by atoms with Crippen LogP contribution >= 0.6 is 0 Å². The topological polar surface area (TPSA) is 67.2 Å². The fourth-order valence-corrected chi connectivity index (χ4v) is 5.62. The molecule has 0 saturated carbocycles. The van der Waals surface area contributed by atoms with Crippen LogP contribution in [0.5, 0.6) is 0 Å². The van der Waals surface area contributed by atoms with Crippen molar-refractivity contribution in [1.82, 2.24) is 19.2 Å². The molecule has 164 valence electrons. The Hall–Kier alpha value is -2.48. The summed E-state index contributed by atoms with van der Waals surface area (Å²) in [6, 6.07) is 17.2. The second-order valence-corrected chi connectivity index (χ2v) is 10.0. The Labute approximate surface area is 185 Å². The molecule has 4 rings (SSSR count). The monoisotopic (exact) mass is 438 g/mol. The zero-order valence-corrected chi connectivity index (χ0v) is 19.0. The third-order valence-corrected chi connectivity index (χ3v) is 7.69. The average Bonchev–Trinajstić information content (AvgIpc) is 3.13. The molecule has 0 fully saturated rings. The van der Waals surface area contributed by atoms with E-state index in [0.717, 1.165) is 31.4 Å². The first kappa shape index (κ1) is 21.7. The molecule has 0 radical (unpaired) electrons. The molecule has 2 aromatic carbocycles. The van der Waals surface area contributed by atoms with Crippen LogP contribution in [-0.2, 0) is 36.5 Å². The normalized spacial score (nSPS) is 16.8. The zero-order valence-electron chi connectivity index (χ0n) is 18.2. The molecular formula is C24H30N4O2S. The SMILES string of the molecule is CCN(Cc1ccc2c(c1)C(Cc1ccccc1)NCCC2)S(=O)(=O)c1cn(C)cn1. The number of aromatic nitrogens is 2. The highest BCUT2D eigenvalue weighted by Gasteiger charge is 2.26. The van der Waals surface area contributed by atoms with E-state index in [0.29, 0.717) is 13.1 Å². The summed E-state index contributed by atoms with van der Waals surface area (Å²) in [5.41, 5.74) is 4.93. The molecule has 0 saturated heterocycles. The first-order chi connectivity index (χ1) is 15.0. The Morgan fingerprint density at radius 3 is 2.68 bits per heavy atom. The highest BCUT2D eigenvalue weighted by Crippen LogP contribution is 2.28. The number of sulfonamides is 1. The van der Waals surface area contributed by atoms with Gasteiger partial charge in [-0.05, 0) is 48.1 Å². The standard InChI is InChI=1S/C24H30N4O2S/c1-3-28(31(29,30)24-17-27(2)18-26-24)16-20-11-12-21-10-7-13-25-23(22(21)14-20)15-19-8-5-4-6-9-19/h4-6,8-9,11-12,14,17-18,23,25H,3,7,10,13,15-16H2,1-2H3. The summed E-state index contributed by atoms with van der Waals surface area (Å²) in [7, 11) is -1.86. The molecule has 31 heavy (non-hydrogen) atoms. The smallest absolute Gasteiger partial charge is 0.262 e. The molecule has 1 aliphatic heterocycles. The number of hydrogen-bond acceptors (Lipinski definition) is 4. The van der Waals surface area contributed by atoms with Crippen LogP contribution in [0.1, 0.15) is 41.6 Å². The molecule has 7 heteroatoms. The molecule has 1 aromatic heterocycles. The minimum Gasteiger partial charge on any atom is -0.339 e. The van der Waals surface area contributed by atoms with Gasteiger partial charge in [-0.2, -0.15) is 4.31 Å². The van der Waals surface area contributed by atoms with Crippen molar-refractivity contribution in [1.29, 1.82) is 0 Å². The predicted molar refractivity (Wildman–Crippen MR) is 122 cm³/mol. The van der Waals surface area contributed by atoms with Crippen molar-refractivity contribution in [2.45, 2.75) is 43.8 Å². The molecule has 1 aliphatic rings. The Balaban J connectivity index is 1.61. The maximum absolute atomic E-state index is 13.1. The van der Waals surface area contributed by atoms with Gasteiger partial charge in [0.2, 0.25) is 0 Å². The number of rotatable bonds is 7. The lowest BCUT2D eigenvalue weighted by molar-refractivity contribution is 0.421. The number of nitrogens with one attached hydrogen (secondary N) is 1. The van der Waals surface area contributed by atoms with Crippen LogP contribution < -0.4 is 5.32 Å². The number of aryl methyl sites for hydroxylation is 2. The van der Waals surface area contributed by atoms with Crippen LogP contribution in [0.25, 0.3) is 0 Å². The van der Waals surface area contributed by atoms with Gasteiger partial charge >= 0.3 is 0 Å². The minimum absolute atomic E-state index is 0.0928. The van der Waals surface area contributed by atoms with Gasteiger partial charge < -0.3 is 9.88 Å². The van der Waals surface area contributed by atoms with E-state index < -0.39 is 10.0 Å². The summed E-state index contributed by atoms with van der Waals surface area (Å²) in [6.07, 6.45) is 6.13. The quantitative estimate of drug-likeness (QED) is 0.614. The van der Waals surface area contributed by atoms with Gasteiger partial charge in [0.25, 0.3) is 10.0 Å². The number of benzene rings is 2. The Morgan fingerprint density at radius 1 is 1.16 bits per heavy atom. The Kier molecular flexibility index (Phi) is 6.55. The van der Waals surface area contributed by atoms with Crippen LogP contribution in [0, 0.1) is 0 Å². The van der Waals surface area contributed by atoms with E-state index in [4.69, 9.17) is 0 Å². The largest absolute Gasteiger partial charge is 0.339 e. The molecule has 0 bridgehead atoms. The Morgan fingerprint density at radius 2 is 1.97 bits per heavy atom. The van der Waals surface area contributed by atoms with Gasteiger partial charge in [0.1, 0.15) is 0 Å². The van der Waals surface area contributed by atoms with Crippen molar-refractivity contribution in [2.24, 2.45) is 7.05 Å². The average molecular weight is 439 g/mol. The van der Waals surface area contributed by atoms with Crippen LogP contribution in [0.3, 0.4) is 0 Å². The van der Waals surface area contributed by atoms with E-state index >= 15 is 0 Å². The van der Waals surface area contributed by atoms with Crippen LogP contribution in [-0.4, -0.2) is 35.4 Å². The summed E-state index contributed by atoms with van der Waals surface area (Å²) in [6.45, 7) is 3.57. The number of hydrogen-bond donors (Lipinski definition) is 1. The number of imidazole rings is 1. The van der Waals surface area contributed by atoms with Gasteiger partial charge in [-0.15, -0.1) is 0 Å². The van der Waals surface area contributed by atoms with Crippen molar-refractivity contribution in [2.75, 3.05) is 13.1 Å². The highest BCUT2D eigenvalue weighted by molar-refractivity contribution is 7.89. The molecule has 1 atom stereocenters. The second-order valence-electron chi connectivity index (χ2n) is 8.14. The highest BCUT2D eigenvalue weighted by atomic mass is 32.2. The summed E-state index contributed by atoms with van der Waals surface area (Å²) in [5, 5.41) is 3.79. The van der Waals surface area contributed by atoms with E-state index in [1.54, 1.807) is 17.8 Å². The lowest BCUT2D eigenvalue weighted by Crippen LogP contribution is -2.31. The second kappa shape index (κ2) is 9.34. The fourth-order valence-electron chi connectivity index (χ4n) is 4.22. The third-order valence-electron chi connectivity index (χ3n) is 5.88. The fraction of sp³-hybridized carbons (Fsp3) is 0.375. The van der Waals surface area contributed by atoms with E-state index in [1.165, 1.54) is 27.3 Å². The summed E-state index contributed by atoms with van der Waals surface area (Å²) in [4.78, 5) is 4.06. The molecule has 3 aromatic rings. The minimum atomic E-state index is -3.63. The molecule has 2 heterocycles. The zero-order chi connectivity index (χ0) is 21.8. The molecule has 1 N–H and O–H groups in total. The lowest BCUT2D eigenvalue weighted by atomic mass is 9.92. The molecule has 6 nitrogen and oxygen atoms in total. The van der Waals surface area contributed by atoms with Gasteiger partial charge in [-0.3, -0.25) is 0 Å². The Bertz CT molecular complexity index is 1130. The predicted octanol–water partition coefficient (Wildman–Crippen LogP) is 3.45. The first-order valence-corrected chi connectivity index (χ1v) is 12.3. The molecule has 0 aliphatic carbocycles. The lowest BCUT2D eigenvalue weighted by Gasteiger charge is -2.23. The van der Waals surface area contributed by atoms with E-state index in [-0.39, 0.29) is 11.1 Å². The summed E-state index contributed by atoms with van der Waals surface area (Å²) in [5.74, 6) is 0. The van der Waals surface area contributed by atoms with Gasteiger partial charge in [0.05, 0.1) is 6.33 Å². The molecular weight excluding hydrogens is 408 g/mol. The molecule has 0 spiro atoms. The molecule has 1 unspecified atom stereocenters. The van der Waals surface area contributed by atoms with Gasteiger partial charge in [-0.25, -0.2) is 13.4 Å². The van der Waals surface area contributed by atoms with Crippen LogP contribution in [0.15, 0.2) is 66.1 Å². The first-order valence-electron chi connectivity index (χ1n) is 10.8. The summed E-state index contributed by atoms with van der Waals surface area (Å²) >= 11 is 0. The van der Waals surface area contributed by atoms with Crippen molar-refractivity contribution < 1.29 is 8.42 Å². The van der Waals surface area contributed by atoms with E-state index in [9.17, 15) is 8.42 Å². The van der Waals surface area contributed by atoms with Gasteiger partial charge in [0.15, 0.2) is 5.03 Å². The van der Waals surface area contributed by atoms with Crippen molar-refractivity contribution in [3.05, 3.63) is 83.3 Å². The van der Waals surface area contributed by atoms with Crippen LogP contribution in [0.4, 0.5) is 0 Å². The third kappa shape index (κ3) is 4.89. The maximum Gasteiger partial charge on any atom is 0.262 e. The van der Waals surface area contributed by atoms with Crippen molar-refractivity contribution in [3.63, 3.8) is 0 Å². The summed E-state index contributed by atoms with van der Waals surface area (Å²) < 4.78 is 29.3. The van der Waals surface area contributed by atoms with Crippen molar-refractivity contribution >= 4 is 10.0 Å². The number of fused-ring (bicyclic) bond motifs is 1. The van der Waals surface area contributed by atoms with Gasteiger partial charge in [-0.1, -0.05) is 55.5 Å². The van der Waals surface area contributed by atoms with Gasteiger partial charge in [0, 0.05) is 32.4 Å². The van der Waals surface area contributed by atoms with Crippen LogP contribution in [0.2, 0.25) is 0 Å². The van der Waals surface area contributed by atoms with E-state index in [1.807, 2.05) is 13.0 Å². The number of nitrogens with zero attached hydrogens (tertiary/aromatic N) is 3.